The van der Waals surface area contributed by atoms with Crippen LogP contribution in [-0.4, -0.2) is 22.9 Å². The number of hydrogen-bond donors (Lipinski definition) is 1. The van der Waals surface area contributed by atoms with E-state index in [0.29, 0.717) is 17.7 Å². The van der Waals surface area contributed by atoms with Crippen LogP contribution in [0.25, 0.3) is 0 Å². The van der Waals surface area contributed by atoms with Crippen LogP contribution in [0.5, 0.6) is 0 Å². The van der Waals surface area contributed by atoms with Crippen molar-refractivity contribution in [2.75, 3.05) is 0 Å². The maximum atomic E-state index is 11.8. The van der Waals surface area contributed by atoms with Gasteiger partial charge in [-0.15, -0.1) is 4.58 Å². The van der Waals surface area contributed by atoms with Gasteiger partial charge in [-0.1, -0.05) is 18.2 Å². The second-order valence-corrected chi connectivity index (χ2v) is 3.50. The lowest BCUT2D eigenvalue weighted by Gasteiger charge is -1.98. The number of carbonyl (C=O) groups is 1. The Kier molecular flexibility index (Phi) is 3.89. The highest BCUT2D eigenvalue weighted by Crippen LogP contribution is 2.13. The second-order valence-electron chi connectivity index (χ2n) is 3.50. The fourth-order valence-corrected chi connectivity index (χ4v) is 1.31. The van der Waals surface area contributed by atoms with Gasteiger partial charge in [0.1, 0.15) is 6.72 Å². The molecule has 0 radical (unpaired) electrons. The summed E-state index contributed by atoms with van der Waals surface area (Å²) >= 11 is 0. The van der Waals surface area contributed by atoms with Gasteiger partial charge in [-0.3, -0.25) is 0 Å². The number of carbonyl (C=O) groups excluding carboxylic acids is 1. The Morgan fingerprint density at radius 1 is 1.62 bits per heavy atom. The Morgan fingerprint density at radius 3 is 2.88 bits per heavy atom. The van der Waals surface area contributed by atoms with Crippen LogP contribution in [0.2, 0.25) is 0 Å². The topological polar surface area (TPSA) is 43.9 Å². The third-order valence-corrected chi connectivity index (χ3v) is 2.32. The molecule has 1 amide bonds. The van der Waals surface area contributed by atoms with Crippen molar-refractivity contribution in [2.24, 2.45) is 0 Å². The highest BCUT2D eigenvalue weighted by atomic mass is 16.2. The van der Waals surface area contributed by atoms with Crippen molar-refractivity contribution in [1.82, 2.24) is 0 Å². The number of amides is 1. The number of rotatable bonds is 3. The van der Waals surface area contributed by atoms with Crippen molar-refractivity contribution in [1.29, 1.82) is 5.41 Å². The van der Waals surface area contributed by atoms with Crippen LogP contribution in [-0.2, 0) is 4.79 Å². The van der Waals surface area contributed by atoms with E-state index in [1.807, 2.05) is 6.08 Å². The standard InChI is InChI=1S/C13H15N2O/c1-4-15(3)13(16)12-7-5-6-11(8-9-12)10(2)14/h4-7,9,14H,1,3,8H2,2H3/q+1. The molecule has 0 fully saturated rings. The first-order valence-corrected chi connectivity index (χ1v) is 4.95. The van der Waals surface area contributed by atoms with E-state index >= 15 is 0 Å². The van der Waals surface area contributed by atoms with Gasteiger partial charge >= 0.3 is 5.91 Å². The molecular weight excluding hydrogens is 200 g/mol. The van der Waals surface area contributed by atoms with E-state index in [-0.39, 0.29) is 5.91 Å². The first-order chi connectivity index (χ1) is 7.56. The molecule has 1 aliphatic carbocycles. The molecule has 82 valence electrons. The van der Waals surface area contributed by atoms with Crippen molar-refractivity contribution in [3.63, 3.8) is 0 Å². The summed E-state index contributed by atoms with van der Waals surface area (Å²) in [6.07, 6.45) is 9.12. The number of hydrogen-bond acceptors (Lipinski definition) is 2. The third kappa shape index (κ3) is 2.73. The van der Waals surface area contributed by atoms with E-state index < -0.39 is 0 Å². The zero-order valence-electron chi connectivity index (χ0n) is 9.36. The lowest BCUT2D eigenvalue weighted by Crippen LogP contribution is -2.14. The van der Waals surface area contributed by atoms with Gasteiger partial charge in [0, 0.05) is 5.71 Å². The first kappa shape index (κ1) is 12.0. The maximum absolute atomic E-state index is 11.8. The number of nitrogens with one attached hydrogen (secondary N) is 1. The molecule has 1 aliphatic rings. The molecule has 1 rings (SSSR count). The predicted molar refractivity (Wildman–Crippen MR) is 65.9 cm³/mol. The lowest BCUT2D eigenvalue weighted by atomic mass is 10.1. The van der Waals surface area contributed by atoms with E-state index in [1.165, 1.54) is 10.8 Å². The van der Waals surface area contributed by atoms with Crippen LogP contribution >= 0.6 is 0 Å². The Labute approximate surface area is 95.3 Å². The lowest BCUT2D eigenvalue weighted by molar-refractivity contribution is -0.367. The second kappa shape index (κ2) is 5.16. The molecule has 0 aromatic rings. The molecule has 0 spiro atoms. The van der Waals surface area contributed by atoms with Crippen LogP contribution in [0.15, 0.2) is 48.2 Å². The van der Waals surface area contributed by atoms with Crippen molar-refractivity contribution < 1.29 is 9.37 Å². The van der Waals surface area contributed by atoms with Gasteiger partial charge in [0.25, 0.3) is 0 Å². The zero-order chi connectivity index (χ0) is 12.1. The fourth-order valence-electron chi connectivity index (χ4n) is 1.31. The summed E-state index contributed by atoms with van der Waals surface area (Å²) in [6.45, 7) is 8.77. The van der Waals surface area contributed by atoms with E-state index in [2.05, 4.69) is 13.3 Å². The molecule has 3 nitrogen and oxygen atoms in total. The SMILES string of the molecule is C=C[N+](=C)C(=O)C1=CCC(C(C)=N)=CC=C1. The number of nitrogens with zero attached hydrogens (tertiary/aromatic N) is 1. The molecule has 0 aromatic heterocycles. The molecule has 0 saturated carbocycles. The van der Waals surface area contributed by atoms with Gasteiger partial charge in [0.05, 0.1) is 5.57 Å². The van der Waals surface area contributed by atoms with E-state index in [4.69, 9.17) is 5.41 Å². The Bertz CT molecular complexity index is 451. The molecular formula is C13H15N2O+. The molecule has 3 heteroatoms. The summed E-state index contributed by atoms with van der Waals surface area (Å²) in [5.41, 5.74) is 2.00. The molecule has 0 atom stereocenters. The Balaban J connectivity index is 2.90. The Hall–Kier alpha value is -2.03. The summed E-state index contributed by atoms with van der Waals surface area (Å²) in [6, 6.07) is 0. The summed E-state index contributed by atoms with van der Waals surface area (Å²) in [5.74, 6) is -0.191. The van der Waals surface area contributed by atoms with E-state index in [1.54, 1.807) is 25.2 Å². The minimum absolute atomic E-state index is 0.191. The van der Waals surface area contributed by atoms with Crippen molar-refractivity contribution in [3.05, 3.63) is 48.2 Å². The van der Waals surface area contributed by atoms with E-state index in [0.717, 1.165) is 5.57 Å². The van der Waals surface area contributed by atoms with Gasteiger partial charge in [0.15, 0.2) is 6.20 Å². The van der Waals surface area contributed by atoms with Gasteiger partial charge < -0.3 is 5.41 Å². The third-order valence-electron chi connectivity index (χ3n) is 2.32. The molecule has 0 aliphatic heterocycles. The molecule has 0 bridgehead atoms. The Morgan fingerprint density at radius 2 is 2.31 bits per heavy atom. The fraction of sp³-hybridized carbons (Fsp3) is 0.154. The molecule has 0 saturated heterocycles. The summed E-state index contributed by atoms with van der Waals surface area (Å²) in [4.78, 5) is 11.8. The van der Waals surface area contributed by atoms with E-state index in [9.17, 15) is 4.79 Å². The molecule has 0 unspecified atom stereocenters. The van der Waals surface area contributed by atoms with Gasteiger partial charge in [-0.05, 0) is 31.6 Å². The minimum Gasteiger partial charge on any atom is -0.305 e. The van der Waals surface area contributed by atoms with Crippen LogP contribution in [0.1, 0.15) is 13.3 Å². The van der Waals surface area contributed by atoms with Crippen molar-refractivity contribution in [3.8, 4) is 0 Å². The minimum atomic E-state index is -0.191. The van der Waals surface area contributed by atoms with Crippen LogP contribution in [0.3, 0.4) is 0 Å². The highest BCUT2D eigenvalue weighted by Gasteiger charge is 2.17. The van der Waals surface area contributed by atoms with Gasteiger partial charge in [0.2, 0.25) is 0 Å². The molecule has 1 N–H and O–H groups in total. The molecule has 16 heavy (non-hydrogen) atoms. The van der Waals surface area contributed by atoms with Gasteiger partial charge in [-0.2, -0.15) is 0 Å². The molecule has 0 aromatic carbocycles. The largest absolute Gasteiger partial charge is 0.423 e. The molecule has 0 heterocycles. The predicted octanol–water partition coefficient (Wildman–Crippen LogP) is 2.22. The van der Waals surface area contributed by atoms with Crippen molar-refractivity contribution in [2.45, 2.75) is 13.3 Å². The average molecular weight is 215 g/mol. The number of allylic oxidation sites excluding steroid dienone is 4. The van der Waals surface area contributed by atoms with Gasteiger partial charge in [-0.25, -0.2) is 4.79 Å². The monoisotopic (exact) mass is 215 g/mol. The normalized spacial score (nSPS) is 14.6. The quantitative estimate of drug-likeness (QED) is 0.569. The zero-order valence-corrected chi connectivity index (χ0v) is 9.36. The maximum Gasteiger partial charge on any atom is 0.423 e. The van der Waals surface area contributed by atoms with Crippen LogP contribution < -0.4 is 0 Å². The summed E-state index contributed by atoms with van der Waals surface area (Å²) in [5, 5.41) is 7.52. The average Bonchev–Trinajstić information content (AvgIpc) is 2.52. The smallest absolute Gasteiger partial charge is 0.305 e. The van der Waals surface area contributed by atoms with Crippen LogP contribution in [0.4, 0.5) is 0 Å². The highest BCUT2D eigenvalue weighted by molar-refractivity contribution is 5.97. The summed E-state index contributed by atoms with van der Waals surface area (Å²) < 4.78 is 1.19. The van der Waals surface area contributed by atoms with Crippen molar-refractivity contribution >= 4 is 18.3 Å². The van der Waals surface area contributed by atoms with Crippen LogP contribution in [0, 0.1) is 5.41 Å². The summed E-state index contributed by atoms with van der Waals surface area (Å²) in [7, 11) is 0. The first-order valence-electron chi connectivity index (χ1n) is 4.95.